The summed E-state index contributed by atoms with van der Waals surface area (Å²) in [6.45, 7) is 8.65. The van der Waals surface area contributed by atoms with Gasteiger partial charge in [0.1, 0.15) is 17.8 Å². The first-order chi connectivity index (χ1) is 12.9. The van der Waals surface area contributed by atoms with Crippen LogP contribution in [0.25, 0.3) is 22.0 Å². The Morgan fingerprint density at radius 3 is 2.67 bits per heavy atom. The van der Waals surface area contributed by atoms with Gasteiger partial charge in [0.15, 0.2) is 5.58 Å². The number of likely N-dealkylation sites (tertiary alicyclic amines) is 1. The number of aryl methyl sites for hydroxylation is 2. The van der Waals surface area contributed by atoms with Crippen molar-refractivity contribution in [3.8, 4) is 0 Å². The van der Waals surface area contributed by atoms with Gasteiger partial charge in [0, 0.05) is 24.7 Å². The molecule has 27 heavy (non-hydrogen) atoms. The normalized spacial score (nSPS) is 20.7. The average Bonchev–Trinajstić information content (AvgIpc) is 3.12. The van der Waals surface area contributed by atoms with Crippen molar-refractivity contribution in [3.63, 3.8) is 0 Å². The second-order valence-electron chi connectivity index (χ2n) is 7.62. The summed E-state index contributed by atoms with van der Waals surface area (Å²) in [6.07, 6.45) is 4.79. The summed E-state index contributed by atoms with van der Waals surface area (Å²) in [5.41, 5.74) is 1.88. The maximum Gasteiger partial charge on any atom is 0.291 e. The molecule has 1 saturated heterocycles. The van der Waals surface area contributed by atoms with Crippen molar-refractivity contribution in [2.75, 3.05) is 0 Å². The van der Waals surface area contributed by atoms with E-state index in [0.717, 1.165) is 30.5 Å². The summed E-state index contributed by atoms with van der Waals surface area (Å²) < 4.78 is 9.01. The van der Waals surface area contributed by atoms with Crippen LogP contribution in [-0.2, 0) is 17.9 Å². The minimum absolute atomic E-state index is 0.0290. The van der Waals surface area contributed by atoms with Crippen molar-refractivity contribution in [2.24, 2.45) is 0 Å². The Bertz CT molecular complexity index is 1060. The van der Waals surface area contributed by atoms with E-state index in [2.05, 4.69) is 18.9 Å². The summed E-state index contributed by atoms with van der Waals surface area (Å²) in [5, 5.41) is 4.98. The number of aromatic nitrogens is 3. The second kappa shape index (κ2) is 6.55. The third-order valence-corrected chi connectivity index (χ3v) is 5.74. The highest BCUT2D eigenvalue weighted by atomic mass is 16.3. The molecule has 4 heterocycles. The lowest BCUT2D eigenvalue weighted by Crippen LogP contribution is -2.49. The van der Waals surface area contributed by atoms with Gasteiger partial charge in [-0.1, -0.05) is 0 Å². The highest BCUT2D eigenvalue weighted by molar-refractivity contribution is 6.04. The van der Waals surface area contributed by atoms with Crippen LogP contribution in [0.5, 0.6) is 0 Å². The fraction of sp³-hybridized carbons (Fsp3) is 0.550. The Labute approximate surface area is 157 Å². The number of rotatable bonds is 3. The molecule has 0 aromatic carbocycles. The van der Waals surface area contributed by atoms with Gasteiger partial charge in [0.2, 0.25) is 5.91 Å². The molecule has 144 valence electrons. The molecule has 0 unspecified atom stereocenters. The number of hydrogen-bond acceptors (Lipinski definition) is 4. The third kappa shape index (κ3) is 2.76. The molecule has 7 nitrogen and oxygen atoms in total. The van der Waals surface area contributed by atoms with Gasteiger partial charge < -0.3 is 13.9 Å². The first-order valence-electron chi connectivity index (χ1n) is 9.72. The molecule has 1 amide bonds. The monoisotopic (exact) mass is 370 g/mol. The minimum atomic E-state index is -0.246. The van der Waals surface area contributed by atoms with Crippen molar-refractivity contribution in [3.05, 3.63) is 28.4 Å². The van der Waals surface area contributed by atoms with Crippen molar-refractivity contribution in [1.29, 1.82) is 0 Å². The lowest BCUT2D eigenvalue weighted by atomic mass is 9.97. The first kappa shape index (κ1) is 17.8. The zero-order valence-electron chi connectivity index (χ0n) is 16.4. The van der Waals surface area contributed by atoms with Crippen LogP contribution in [-0.4, -0.2) is 37.2 Å². The Morgan fingerprint density at radius 2 is 2.00 bits per heavy atom. The number of carbonyl (C=O) groups is 1. The van der Waals surface area contributed by atoms with Crippen LogP contribution in [0.2, 0.25) is 0 Å². The zero-order valence-corrected chi connectivity index (χ0v) is 16.4. The molecule has 1 aliphatic rings. The van der Waals surface area contributed by atoms with Crippen molar-refractivity contribution in [1.82, 2.24) is 19.2 Å². The fourth-order valence-electron chi connectivity index (χ4n) is 4.48. The van der Waals surface area contributed by atoms with E-state index in [4.69, 9.17) is 4.42 Å². The Balaban J connectivity index is 1.76. The number of fused-ring (bicyclic) bond motifs is 3. The van der Waals surface area contributed by atoms with Crippen LogP contribution in [0.4, 0.5) is 0 Å². The van der Waals surface area contributed by atoms with E-state index in [1.54, 1.807) is 6.20 Å². The number of furan rings is 1. The number of hydrogen-bond donors (Lipinski definition) is 0. The molecule has 0 radical (unpaired) electrons. The van der Waals surface area contributed by atoms with Crippen molar-refractivity contribution in [2.45, 2.75) is 72.1 Å². The minimum Gasteiger partial charge on any atom is -0.459 e. The van der Waals surface area contributed by atoms with E-state index < -0.39 is 0 Å². The van der Waals surface area contributed by atoms with Gasteiger partial charge in [-0.2, -0.15) is 5.10 Å². The molecule has 0 saturated carbocycles. The molecular weight excluding hydrogens is 344 g/mol. The lowest BCUT2D eigenvalue weighted by Gasteiger charge is -2.39. The molecule has 3 aromatic heterocycles. The molecule has 1 fully saturated rings. The molecule has 0 bridgehead atoms. The third-order valence-electron chi connectivity index (χ3n) is 5.74. The zero-order chi connectivity index (χ0) is 19.3. The molecular formula is C20H26N4O3. The van der Waals surface area contributed by atoms with Gasteiger partial charge in [0.25, 0.3) is 5.56 Å². The Morgan fingerprint density at radius 1 is 1.30 bits per heavy atom. The maximum atomic E-state index is 13.1. The fourth-order valence-corrected chi connectivity index (χ4v) is 4.48. The summed E-state index contributed by atoms with van der Waals surface area (Å²) >= 11 is 0. The van der Waals surface area contributed by atoms with E-state index in [1.807, 2.05) is 29.4 Å². The smallest absolute Gasteiger partial charge is 0.291 e. The molecule has 2 atom stereocenters. The second-order valence-corrected chi connectivity index (χ2v) is 7.62. The number of amides is 1. The first-order valence-corrected chi connectivity index (χ1v) is 9.72. The van der Waals surface area contributed by atoms with E-state index >= 15 is 0 Å². The highest BCUT2D eigenvalue weighted by Gasteiger charge is 2.29. The predicted octanol–water partition coefficient (Wildman–Crippen LogP) is 3.06. The van der Waals surface area contributed by atoms with E-state index in [0.29, 0.717) is 23.0 Å². The SMILES string of the molecule is CCn1c2cc(C)oc2c2cnn(CC(=O)N3[C@H](C)CCC[C@H]3C)c(=O)c21. The Kier molecular flexibility index (Phi) is 4.32. The van der Waals surface area contributed by atoms with Crippen LogP contribution in [0.15, 0.2) is 21.5 Å². The van der Waals surface area contributed by atoms with Gasteiger partial charge in [-0.3, -0.25) is 9.59 Å². The lowest BCUT2D eigenvalue weighted by molar-refractivity contribution is -0.138. The van der Waals surface area contributed by atoms with Crippen LogP contribution in [0, 0.1) is 6.92 Å². The predicted molar refractivity (Wildman–Crippen MR) is 104 cm³/mol. The molecule has 3 aromatic rings. The number of nitrogens with zero attached hydrogens (tertiary/aromatic N) is 4. The summed E-state index contributed by atoms with van der Waals surface area (Å²) in [7, 11) is 0. The summed E-state index contributed by atoms with van der Waals surface area (Å²) in [6, 6.07) is 2.33. The number of piperidine rings is 1. The molecule has 4 rings (SSSR count). The molecule has 0 spiro atoms. The average molecular weight is 370 g/mol. The summed E-state index contributed by atoms with van der Waals surface area (Å²) in [4.78, 5) is 27.9. The van der Waals surface area contributed by atoms with Crippen molar-refractivity contribution < 1.29 is 9.21 Å². The van der Waals surface area contributed by atoms with E-state index in [9.17, 15) is 9.59 Å². The molecule has 7 heteroatoms. The Hall–Kier alpha value is -2.57. The van der Waals surface area contributed by atoms with E-state index in [1.165, 1.54) is 4.68 Å². The van der Waals surface area contributed by atoms with Gasteiger partial charge in [0.05, 0.1) is 17.1 Å². The van der Waals surface area contributed by atoms with Crippen LogP contribution < -0.4 is 5.56 Å². The van der Waals surface area contributed by atoms with Crippen LogP contribution >= 0.6 is 0 Å². The van der Waals surface area contributed by atoms with Crippen LogP contribution in [0.3, 0.4) is 0 Å². The van der Waals surface area contributed by atoms with Crippen LogP contribution in [0.1, 0.15) is 45.8 Å². The largest absolute Gasteiger partial charge is 0.459 e. The van der Waals surface area contributed by atoms with Gasteiger partial charge >= 0.3 is 0 Å². The van der Waals surface area contributed by atoms with Crippen molar-refractivity contribution >= 4 is 27.9 Å². The molecule has 0 aliphatic carbocycles. The maximum absolute atomic E-state index is 13.1. The van der Waals surface area contributed by atoms with E-state index in [-0.39, 0.29) is 30.1 Å². The topological polar surface area (TPSA) is 73.3 Å². The molecule has 1 aliphatic heterocycles. The van der Waals surface area contributed by atoms with Gasteiger partial charge in [-0.25, -0.2) is 4.68 Å². The quantitative estimate of drug-likeness (QED) is 0.710. The van der Waals surface area contributed by atoms with Gasteiger partial charge in [-0.15, -0.1) is 0 Å². The number of carbonyl (C=O) groups excluding carboxylic acids is 1. The van der Waals surface area contributed by atoms with Gasteiger partial charge in [-0.05, 0) is 47.0 Å². The standard InChI is InChI=1S/C20H26N4O3/c1-5-22-16-9-14(4)27-19(16)15-10-21-23(20(26)18(15)22)11-17(25)24-12(2)7-6-8-13(24)3/h9-10,12-13H,5-8,11H2,1-4H3/t12-,13-/m1/s1. The molecule has 0 N–H and O–H groups in total. The summed E-state index contributed by atoms with van der Waals surface area (Å²) in [5.74, 6) is 0.759. The highest BCUT2D eigenvalue weighted by Crippen LogP contribution is 2.29.